The molecule has 3 heterocycles. The number of carbonyl (C=O) groups is 1. The maximum Gasteiger partial charge on any atom is 0.255 e. The summed E-state index contributed by atoms with van der Waals surface area (Å²) in [4.78, 5) is 15.0. The normalized spacial score (nSPS) is 27.4. The summed E-state index contributed by atoms with van der Waals surface area (Å²) in [6.07, 6.45) is 2.36. The number of fused-ring (bicyclic) bond motifs is 3. The van der Waals surface area contributed by atoms with E-state index in [0.29, 0.717) is 22.9 Å². The lowest BCUT2D eigenvalue weighted by Gasteiger charge is -2.44. The van der Waals surface area contributed by atoms with E-state index in [2.05, 4.69) is 32.8 Å². The van der Waals surface area contributed by atoms with Gasteiger partial charge in [-0.25, -0.2) is 0 Å². The number of piperidine rings is 3. The van der Waals surface area contributed by atoms with Gasteiger partial charge in [0, 0.05) is 27.9 Å². The fraction of sp³-hybridized carbons (Fsp3) is 0.533. The van der Waals surface area contributed by atoms with Crippen LogP contribution in [0.15, 0.2) is 12.1 Å². The van der Waals surface area contributed by atoms with Gasteiger partial charge in [-0.05, 0) is 60.5 Å². The summed E-state index contributed by atoms with van der Waals surface area (Å²) in [6.45, 7) is 3.30. The second-order valence-electron chi connectivity index (χ2n) is 5.79. The van der Waals surface area contributed by atoms with Crippen LogP contribution in [0.3, 0.4) is 0 Å². The van der Waals surface area contributed by atoms with E-state index in [4.69, 9.17) is 10.5 Å². The Bertz CT molecular complexity index is 556. The number of hydrogen-bond donors (Lipinski definition) is 2. The molecular formula is C15H20IN3O2. The smallest absolute Gasteiger partial charge is 0.255 e. The zero-order chi connectivity index (χ0) is 15.0. The molecule has 1 amide bonds. The number of nitrogens with zero attached hydrogens (tertiary/aromatic N) is 1. The zero-order valence-electron chi connectivity index (χ0n) is 12.1. The van der Waals surface area contributed by atoms with E-state index in [-0.39, 0.29) is 11.9 Å². The number of amides is 1. The Balaban J connectivity index is 1.78. The average molecular weight is 401 g/mol. The van der Waals surface area contributed by atoms with Crippen molar-refractivity contribution < 1.29 is 9.53 Å². The van der Waals surface area contributed by atoms with E-state index in [1.54, 1.807) is 19.2 Å². The third-order valence-corrected chi connectivity index (χ3v) is 5.47. The second-order valence-corrected chi connectivity index (χ2v) is 6.95. The van der Waals surface area contributed by atoms with Gasteiger partial charge in [0.2, 0.25) is 0 Å². The average Bonchev–Trinajstić information content (AvgIpc) is 2.50. The Morgan fingerprint density at radius 2 is 2.14 bits per heavy atom. The van der Waals surface area contributed by atoms with Gasteiger partial charge in [-0.1, -0.05) is 0 Å². The number of nitrogen functional groups attached to an aromatic ring is 1. The van der Waals surface area contributed by atoms with Crippen molar-refractivity contribution in [2.45, 2.75) is 18.9 Å². The largest absolute Gasteiger partial charge is 0.496 e. The summed E-state index contributed by atoms with van der Waals surface area (Å²) in [5.74, 6) is 1.08. The lowest BCUT2D eigenvalue weighted by atomic mass is 9.84. The van der Waals surface area contributed by atoms with Crippen molar-refractivity contribution in [2.75, 3.05) is 32.5 Å². The van der Waals surface area contributed by atoms with Crippen molar-refractivity contribution in [2.24, 2.45) is 5.92 Å². The topological polar surface area (TPSA) is 67.6 Å². The van der Waals surface area contributed by atoms with E-state index in [1.165, 1.54) is 25.9 Å². The quantitative estimate of drug-likeness (QED) is 0.598. The first-order valence-electron chi connectivity index (χ1n) is 7.24. The molecule has 1 aromatic carbocycles. The van der Waals surface area contributed by atoms with Gasteiger partial charge in [0.25, 0.3) is 5.91 Å². The number of rotatable bonds is 3. The molecule has 1 atom stereocenters. The van der Waals surface area contributed by atoms with E-state index in [9.17, 15) is 4.79 Å². The van der Waals surface area contributed by atoms with Gasteiger partial charge in [0.05, 0.1) is 12.7 Å². The molecule has 6 heteroatoms. The Morgan fingerprint density at radius 3 is 2.71 bits per heavy atom. The Kier molecular flexibility index (Phi) is 4.26. The molecular weight excluding hydrogens is 381 g/mol. The molecule has 3 N–H and O–H groups in total. The molecule has 0 unspecified atom stereocenters. The minimum atomic E-state index is -0.0662. The number of hydrogen-bond acceptors (Lipinski definition) is 4. The molecule has 3 aliphatic heterocycles. The molecule has 4 rings (SSSR count). The third kappa shape index (κ3) is 2.96. The van der Waals surface area contributed by atoms with Crippen LogP contribution in [0.1, 0.15) is 23.2 Å². The first-order chi connectivity index (χ1) is 10.1. The minimum absolute atomic E-state index is 0.0662. The van der Waals surface area contributed by atoms with Crippen molar-refractivity contribution in [1.82, 2.24) is 10.2 Å². The van der Waals surface area contributed by atoms with Crippen molar-refractivity contribution >= 4 is 34.2 Å². The number of halogens is 1. The number of methoxy groups -OCH3 is 1. The maximum absolute atomic E-state index is 12.6. The standard InChI is InChI=1S/C15H20IN3O2/c1-21-14-7-12(17)11(16)6-10(14)15(20)18-13-8-19-4-2-9(13)3-5-19/h6-7,9,13H,2-5,8,17H2,1H3,(H,18,20)/t13-/m1/s1. The summed E-state index contributed by atoms with van der Waals surface area (Å²) < 4.78 is 6.17. The predicted octanol–water partition coefficient (Wildman–Crippen LogP) is 1.71. The van der Waals surface area contributed by atoms with Crippen LogP contribution in [0.4, 0.5) is 5.69 Å². The zero-order valence-corrected chi connectivity index (χ0v) is 14.2. The van der Waals surface area contributed by atoms with Crippen molar-refractivity contribution in [3.63, 3.8) is 0 Å². The summed E-state index contributed by atoms with van der Waals surface area (Å²) in [5.41, 5.74) is 7.07. The molecule has 3 fully saturated rings. The summed E-state index contributed by atoms with van der Waals surface area (Å²) in [7, 11) is 1.56. The van der Waals surface area contributed by atoms with Gasteiger partial charge in [-0.3, -0.25) is 4.79 Å². The molecule has 2 bridgehead atoms. The van der Waals surface area contributed by atoms with E-state index in [0.717, 1.165) is 10.1 Å². The van der Waals surface area contributed by atoms with Gasteiger partial charge in [-0.2, -0.15) is 0 Å². The van der Waals surface area contributed by atoms with Crippen LogP contribution in [0, 0.1) is 9.49 Å². The maximum atomic E-state index is 12.6. The summed E-state index contributed by atoms with van der Waals surface area (Å²) in [6, 6.07) is 3.76. The number of nitrogens with one attached hydrogen (secondary N) is 1. The first-order valence-corrected chi connectivity index (χ1v) is 8.32. The number of carbonyl (C=O) groups excluding carboxylic acids is 1. The van der Waals surface area contributed by atoms with E-state index in [1.807, 2.05) is 0 Å². The molecule has 0 radical (unpaired) electrons. The summed E-state index contributed by atoms with van der Waals surface area (Å²) in [5, 5.41) is 3.18. The van der Waals surface area contributed by atoms with Gasteiger partial charge in [0.15, 0.2) is 0 Å². The molecule has 3 aliphatic rings. The fourth-order valence-corrected chi connectivity index (χ4v) is 3.76. The van der Waals surface area contributed by atoms with Crippen LogP contribution in [0.25, 0.3) is 0 Å². The SMILES string of the molecule is COc1cc(N)c(I)cc1C(=O)N[C@@H]1CN2CCC1CC2. The first kappa shape index (κ1) is 14.9. The molecule has 114 valence electrons. The van der Waals surface area contributed by atoms with Crippen LogP contribution >= 0.6 is 22.6 Å². The highest BCUT2D eigenvalue weighted by atomic mass is 127. The van der Waals surface area contributed by atoms with Crippen molar-refractivity contribution in [3.05, 3.63) is 21.3 Å². The molecule has 0 spiro atoms. The predicted molar refractivity (Wildman–Crippen MR) is 90.5 cm³/mol. The Labute approximate surface area is 138 Å². The third-order valence-electron chi connectivity index (χ3n) is 4.54. The number of ether oxygens (including phenoxy) is 1. The molecule has 5 nitrogen and oxygen atoms in total. The van der Waals surface area contributed by atoms with Crippen LogP contribution in [-0.4, -0.2) is 43.6 Å². The number of anilines is 1. The van der Waals surface area contributed by atoms with Gasteiger partial charge < -0.3 is 20.7 Å². The Morgan fingerprint density at radius 1 is 1.43 bits per heavy atom. The van der Waals surface area contributed by atoms with E-state index >= 15 is 0 Å². The van der Waals surface area contributed by atoms with Crippen LogP contribution in [-0.2, 0) is 0 Å². The monoisotopic (exact) mass is 401 g/mol. The fourth-order valence-electron chi connectivity index (χ4n) is 3.29. The molecule has 21 heavy (non-hydrogen) atoms. The van der Waals surface area contributed by atoms with Crippen molar-refractivity contribution in [3.8, 4) is 5.75 Å². The van der Waals surface area contributed by atoms with Gasteiger partial charge >= 0.3 is 0 Å². The highest BCUT2D eigenvalue weighted by Gasteiger charge is 2.35. The van der Waals surface area contributed by atoms with Crippen molar-refractivity contribution in [1.29, 1.82) is 0 Å². The highest BCUT2D eigenvalue weighted by molar-refractivity contribution is 14.1. The number of nitrogens with two attached hydrogens (primary N) is 1. The highest BCUT2D eigenvalue weighted by Crippen LogP contribution is 2.29. The molecule has 1 aromatic rings. The van der Waals surface area contributed by atoms with Crippen LogP contribution < -0.4 is 15.8 Å². The van der Waals surface area contributed by atoms with Gasteiger partial charge in [0.1, 0.15) is 5.75 Å². The van der Waals surface area contributed by atoms with Crippen LogP contribution in [0.5, 0.6) is 5.75 Å². The lowest BCUT2D eigenvalue weighted by Crippen LogP contribution is -2.57. The summed E-state index contributed by atoms with van der Waals surface area (Å²) >= 11 is 2.14. The van der Waals surface area contributed by atoms with E-state index < -0.39 is 0 Å². The molecule has 0 aliphatic carbocycles. The number of benzene rings is 1. The Hall–Kier alpha value is -1.02. The lowest BCUT2D eigenvalue weighted by molar-refractivity contribution is 0.0619. The van der Waals surface area contributed by atoms with Gasteiger partial charge in [-0.15, -0.1) is 0 Å². The molecule has 0 aromatic heterocycles. The molecule has 3 saturated heterocycles. The molecule has 0 saturated carbocycles. The second kappa shape index (κ2) is 6.00. The van der Waals surface area contributed by atoms with Crippen LogP contribution in [0.2, 0.25) is 0 Å². The minimum Gasteiger partial charge on any atom is -0.496 e.